The first kappa shape index (κ1) is 23.1. The molecule has 1 aromatic heterocycles. The summed E-state index contributed by atoms with van der Waals surface area (Å²) in [5, 5.41) is 12.1. The number of para-hydroxylation sites is 1. The molecule has 0 aliphatic heterocycles. The lowest BCUT2D eigenvalue weighted by Gasteiger charge is -2.22. The first-order chi connectivity index (χ1) is 14.9. The van der Waals surface area contributed by atoms with E-state index < -0.39 is 6.10 Å². The summed E-state index contributed by atoms with van der Waals surface area (Å²) in [6, 6.07) is 14.3. The second kappa shape index (κ2) is 10.7. The second-order valence-corrected chi connectivity index (χ2v) is 8.02. The van der Waals surface area contributed by atoms with Crippen LogP contribution in [-0.4, -0.2) is 61.7 Å². The van der Waals surface area contributed by atoms with E-state index in [9.17, 15) is 5.11 Å². The minimum atomic E-state index is -0.477. The summed E-state index contributed by atoms with van der Waals surface area (Å²) in [5.74, 6) is 1.41. The fourth-order valence-corrected chi connectivity index (χ4v) is 4.01. The first-order valence-corrected chi connectivity index (χ1v) is 10.6. The third-order valence-electron chi connectivity index (χ3n) is 5.69. The fraction of sp³-hybridized carbons (Fsp3) is 0.440. The van der Waals surface area contributed by atoms with Gasteiger partial charge in [-0.15, -0.1) is 0 Å². The van der Waals surface area contributed by atoms with Crippen LogP contribution in [0, 0.1) is 13.8 Å². The van der Waals surface area contributed by atoms with Gasteiger partial charge in [0.2, 0.25) is 0 Å². The van der Waals surface area contributed by atoms with Crippen LogP contribution in [0.25, 0.3) is 10.9 Å². The summed E-state index contributed by atoms with van der Waals surface area (Å²) in [6.07, 6.45) is -0.477. The Balaban J connectivity index is 1.64. The minimum absolute atomic E-state index is 0.467. The molecule has 0 amide bonds. The third-order valence-corrected chi connectivity index (χ3v) is 5.69. The number of benzene rings is 2. The number of aliphatic hydroxyl groups is 1. The Bertz CT molecular complexity index is 999. The number of nitrogens with zero attached hydrogens (tertiary/aromatic N) is 2. The zero-order valence-electron chi connectivity index (χ0n) is 19.2. The number of ether oxygens (including phenoxy) is 3. The van der Waals surface area contributed by atoms with Gasteiger partial charge in [-0.3, -0.25) is 4.90 Å². The predicted molar refractivity (Wildman–Crippen MR) is 124 cm³/mol. The van der Waals surface area contributed by atoms with Gasteiger partial charge >= 0.3 is 0 Å². The van der Waals surface area contributed by atoms with Crippen LogP contribution in [0.5, 0.6) is 11.5 Å². The van der Waals surface area contributed by atoms with Crippen molar-refractivity contribution in [2.24, 2.45) is 0 Å². The van der Waals surface area contributed by atoms with E-state index in [0.29, 0.717) is 44.3 Å². The van der Waals surface area contributed by atoms with E-state index >= 15 is 0 Å². The maximum absolute atomic E-state index is 10.8. The number of likely N-dealkylation sites (N-methyl/N-ethyl adjacent to an activating group) is 1. The van der Waals surface area contributed by atoms with Crippen LogP contribution >= 0.6 is 0 Å². The van der Waals surface area contributed by atoms with Gasteiger partial charge in [-0.1, -0.05) is 24.3 Å². The molecule has 0 aliphatic rings. The summed E-state index contributed by atoms with van der Waals surface area (Å²) >= 11 is 0. The molecule has 6 heteroatoms. The molecule has 0 aliphatic carbocycles. The van der Waals surface area contributed by atoms with Gasteiger partial charge in [0.15, 0.2) is 11.5 Å². The molecule has 6 nitrogen and oxygen atoms in total. The fourth-order valence-electron chi connectivity index (χ4n) is 4.01. The van der Waals surface area contributed by atoms with Crippen molar-refractivity contribution >= 4 is 10.9 Å². The molecule has 0 bridgehead atoms. The van der Waals surface area contributed by atoms with E-state index in [4.69, 9.17) is 14.2 Å². The molecule has 0 radical (unpaired) electrons. The van der Waals surface area contributed by atoms with Gasteiger partial charge in [-0.2, -0.15) is 0 Å². The number of rotatable bonds is 11. The summed E-state index contributed by atoms with van der Waals surface area (Å²) in [4.78, 5) is 2.12. The van der Waals surface area contributed by atoms with Crippen LogP contribution in [0.4, 0.5) is 0 Å². The molecule has 0 fully saturated rings. The Kier molecular flexibility index (Phi) is 7.96. The average molecular weight is 427 g/mol. The lowest BCUT2D eigenvalue weighted by atomic mass is 10.2. The Morgan fingerprint density at radius 3 is 2.55 bits per heavy atom. The molecular weight excluding hydrogens is 392 g/mol. The number of aryl methyl sites for hydroxylation is 1. The van der Waals surface area contributed by atoms with Gasteiger partial charge < -0.3 is 23.9 Å². The Labute approximate surface area is 184 Å². The maximum Gasteiger partial charge on any atom is 0.161 e. The van der Waals surface area contributed by atoms with Crippen LogP contribution in [0.2, 0.25) is 0 Å². The van der Waals surface area contributed by atoms with Crippen LogP contribution < -0.4 is 9.47 Å². The van der Waals surface area contributed by atoms with Crippen LogP contribution in [0.3, 0.4) is 0 Å². The quantitative estimate of drug-likeness (QED) is 0.473. The molecule has 0 saturated carbocycles. The third kappa shape index (κ3) is 5.58. The van der Waals surface area contributed by atoms with Crippen LogP contribution in [0.15, 0.2) is 42.5 Å². The highest BCUT2D eigenvalue weighted by Gasteiger charge is 2.16. The van der Waals surface area contributed by atoms with E-state index in [1.807, 2.05) is 31.3 Å². The SMILES string of the molecule is COCCOc1cc(CN(C)CC(O)Cn2c(C)c(C)c3ccccc32)ccc1OC. The summed E-state index contributed by atoms with van der Waals surface area (Å²) in [6.45, 7) is 7.08. The number of aliphatic hydroxyl groups excluding tert-OH is 1. The van der Waals surface area contributed by atoms with Crippen molar-refractivity contribution < 1.29 is 19.3 Å². The largest absolute Gasteiger partial charge is 0.493 e. The van der Waals surface area contributed by atoms with Crippen LogP contribution in [-0.2, 0) is 17.8 Å². The lowest BCUT2D eigenvalue weighted by molar-refractivity contribution is 0.107. The molecule has 0 saturated heterocycles. The van der Waals surface area contributed by atoms with Gasteiger partial charge in [0, 0.05) is 36.8 Å². The molecular formula is C25H34N2O4. The number of aromatic nitrogens is 1. The molecule has 1 unspecified atom stereocenters. The van der Waals surface area contributed by atoms with Gasteiger partial charge in [-0.25, -0.2) is 0 Å². The number of methoxy groups -OCH3 is 2. The second-order valence-electron chi connectivity index (χ2n) is 8.02. The molecule has 3 aromatic rings. The number of hydrogen-bond acceptors (Lipinski definition) is 5. The van der Waals surface area contributed by atoms with Gasteiger partial charge in [-0.05, 0) is 50.2 Å². The molecule has 31 heavy (non-hydrogen) atoms. The van der Waals surface area contributed by atoms with Gasteiger partial charge in [0.1, 0.15) is 6.61 Å². The Hall–Kier alpha value is -2.54. The molecule has 1 heterocycles. The lowest BCUT2D eigenvalue weighted by Crippen LogP contribution is -2.32. The maximum atomic E-state index is 10.8. The molecule has 1 atom stereocenters. The monoisotopic (exact) mass is 426 g/mol. The molecule has 0 spiro atoms. The van der Waals surface area contributed by atoms with E-state index in [0.717, 1.165) is 5.56 Å². The Morgan fingerprint density at radius 1 is 1.03 bits per heavy atom. The van der Waals surface area contributed by atoms with Crippen molar-refractivity contribution in [3.8, 4) is 11.5 Å². The van der Waals surface area contributed by atoms with Crippen molar-refractivity contribution in [2.75, 3.05) is 41.0 Å². The zero-order chi connectivity index (χ0) is 22.4. The standard InChI is InChI=1S/C25H34N2O4/c1-18-19(2)27(23-9-7-6-8-22(18)23)17-21(28)16-26(3)15-20-10-11-24(30-5)25(14-20)31-13-12-29-4/h6-11,14,21,28H,12-13,15-17H2,1-5H3. The highest BCUT2D eigenvalue weighted by Crippen LogP contribution is 2.29. The van der Waals surface area contributed by atoms with Crippen molar-refractivity contribution in [2.45, 2.75) is 33.0 Å². The van der Waals surface area contributed by atoms with Crippen molar-refractivity contribution in [3.05, 3.63) is 59.3 Å². The molecule has 3 rings (SSSR count). The minimum Gasteiger partial charge on any atom is -0.493 e. The van der Waals surface area contributed by atoms with Gasteiger partial charge in [0.05, 0.1) is 26.4 Å². The molecule has 168 valence electrons. The number of hydrogen-bond donors (Lipinski definition) is 1. The van der Waals surface area contributed by atoms with E-state index in [2.05, 4.69) is 41.5 Å². The molecule has 1 N–H and O–H groups in total. The van der Waals surface area contributed by atoms with E-state index in [1.165, 1.54) is 22.2 Å². The normalized spacial score (nSPS) is 12.5. The summed E-state index contributed by atoms with van der Waals surface area (Å²) in [5.41, 5.74) is 4.75. The zero-order valence-corrected chi connectivity index (χ0v) is 19.2. The summed E-state index contributed by atoms with van der Waals surface area (Å²) < 4.78 is 18.5. The highest BCUT2D eigenvalue weighted by molar-refractivity contribution is 5.85. The predicted octanol–water partition coefficient (Wildman–Crippen LogP) is 3.78. The average Bonchev–Trinajstić information content (AvgIpc) is 2.99. The highest BCUT2D eigenvalue weighted by atomic mass is 16.5. The topological polar surface area (TPSA) is 56.1 Å². The number of fused-ring (bicyclic) bond motifs is 1. The smallest absolute Gasteiger partial charge is 0.161 e. The van der Waals surface area contributed by atoms with E-state index in [1.54, 1.807) is 14.2 Å². The molecule has 2 aromatic carbocycles. The van der Waals surface area contributed by atoms with Crippen LogP contribution in [0.1, 0.15) is 16.8 Å². The summed E-state index contributed by atoms with van der Waals surface area (Å²) in [7, 11) is 5.30. The van der Waals surface area contributed by atoms with Crippen molar-refractivity contribution in [1.82, 2.24) is 9.47 Å². The van der Waals surface area contributed by atoms with Crippen molar-refractivity contribution in [1.29, 1.82) is 0 Å². The van der Waals surface area contributed by atoms with Crippen molar-refractivity contribution in [3.63, 3.8) is 0 Å². The first-order valence-electron chi connectivity index (χ1n) is 10.6. The van der Waals surface area contributed by atoms with E-state index in [-0.39, 0.29) is 0 Å². The van der Waals surface area contributed by atoms with Gasteiger partial charge in [0.25, 0.3) is 0 Å². The Morgan fingerprint density at radius 2 is 1.81 bits per heavy atom.